The standard InChI is InChI=1S/C15H20BrNO4/c1-9(18)19-14-11(16)7-15-8-12(14)20-13(15)5-4-10(21-15)3-2-6-17/h10-14H,2-5,7-8H2,1H3/t10?,11-,12?,13+,14-,15+/m1/s1. The van der Waals surface area contributed by atoms with Gasteiger partial charge in [0.05, 0.1) is 34.8 Å². The third-order valence-electron chi connectivity index (χ3n) is 4.77. The first-order valence-electron chi connectivity index (χ1n) is 7.55. The summed E-state index contributed by atoms with van der Waals surface area (Å²) in [5.41, 5.74) is -0.270. The normalized spacial score (nSPS) is 44.7. The number of esters is 1. The molecule has 0 aromatic rings. The number of carbonyl (C=O) groups is 1. The van der Waals surface area contributed by atoms with Crippen molar-refractivity contribution in [2.75, 3.05) is 0 Å². The molecule has 21 heavy (non-hydrogen) atoms. The Bertz CT molecular complexity index is 465. The molecule has 2 aliphatic heterocycles. The van der Waals surface area contributed by atoms with E-state index in [0.717, 1.165) is 32.1 Å². The lowest BCUT2D eigenvalue weighted by Gasteiger charge is -2.45. The van der Waals surface area contributed by atoms with E-state index < -0.39 is 0 Å². The van der Waals surface area contributed by atoms with Crippen LogP contribution in [0, 0.1) is 11.3 Å². The van der Waals surface area contributed by atoms with Gasteiger partial charge in [0.2, 0.25) is 0 Å². The Morgan fingerprint density at radius 1 is 1.48 bits per heavy atom. The van der Waals surface area contributed by atoms with E-state index in [0.29, 0.717) is 6.42 Å². The first-order chi connectivity index (χ1) is 10.0. The summed E-state index contributed by atoms with van der Waals surface area (Å²) < 4.78 is 17.9. The molecule has 1 spiro atoms. The Morgan fingerprint density at radius 3 is 3.00 bits per heavy atom. The third kappa shape index (κ3) is 2.84. The smallest absolute Gasteiger partial charge is 0.303 e. The summed E-state index contributed by atoms with van der Waals surface area (Å²) in [5.74, 6) is -0.272. The van der Waals surface area contributed by atoms with Crippen LogP contribution in [0.1, 0.15) is 45.4 Å². The minimum Gasteiger partial charge on any atom is -0.459 e. The Hall–Kier alpha value is -0.640. The second kappa shape index (κ2) is 5.86. The predicted octanol–water partition coefficient (Wildman–Crippen LogP) is 2.46. The summed E-state index contributed by atoms with van der Waals surface area (Å²) in [6, 6.07) is 2.19. The molecule has 116 valence electrons. The van der Waals surface area contributed by atoms with Crippen LogP contribution in [0.3, 0.4) is 0 Å². The number of rotatable bonds is 3. The first kappa shape index (κ1) is 15.3. The molecule has 1 aliphatic carbocycles. The number of halogens is 1. The van der Waals surface area contributed by atoms with Crippen LogP contribution in [0.15, 0.2) is 0 Å². The lowest BCUT2D eigenvalue weighted by molar-refractivity contribution is -0.166. The average molecular weight is 358 g/mol. The van der Waals surface area contributed by atoms with Crippen molar-refractivity contribution in [2.24, 2.45) is 0 Å². The van der Waals surface area contributed by atoms with E-state index in [2.05, 4.69) is 22.0 Å². The van der Waals surface area contributed by atoms with Crippen molar-refractivity contribution in [3.05, 3.63) is 0 Å². The minimum atomic E-state index is -0.272. The topological polar surface area (TPSA) is 68.5 Å². The van der Waals surface area contributed by atoms with Gasteiger partial charge in [0.15, 0.2) is 0 Å². The molecule has 6 heteroatoms. The molecule has 0 radical (unpaired) electrons. The van der Waals surface area contributed by atoms with Crippen LogP contribution < -0.4 is 0 Å². The van der Waals surface area contributed by atoms with E-state index in [1.54, 1.807) is 0 Å². The van der Waals surface area contributed by atoms with Gasteiger partial charge in [-0.2, -0.15) is 5.26 Å². The Labute approximate surface area is 133 Å². The Morgan fingerprint density at radius 2 is 2.29 bits per heavy atom. The fourth-order valence-electron chi connectivity index (χ4n) is 3.94. The summed E-state index contributed by atoms with van der Waals surface area (Å²) in [6.07, 6.45) is 4.68. The highest BCUT2D eigenvalue weighted by Gasteiger charge is 2.60. The SMILES string of the molecule is CC(=O)O[C@H]1C2C[C@]3(C[C@H]1Br)OC(CCC#N)CC[C@@H]3O2. The number of carbonyl (C=O) groups excluding carboxylic acids is 1. The van der Waals surface area contributed by atoms with Gasteiger partial charge in [0.1, 0.15) is 6.10 Å². The quantitative estimate of drug-likeness (QED) is 0.573. The van der Waals surface area contributed by atoms with Crippen LogP contribution in [0.5, 0.6) is 0 Å². The van der Waals surface area contributed by atoms with Crippen LogP contribution in [-0.2, 0) is 19.0 Å². The average Bonchev–Trinajstić information content (AvgIpc) is 2.74. The Kier molecular flexibility index (Phi) is 4.26. The van der Waals surface area contributed by atoms with E-state index in [9.17, 15) is 4.79 Å². The van der Waals surface area contributed by atoms with Gasteiger partial charge in [-0.05, 0) is 25.7 Å². The molecule has 3 aliphatic rings. The fourth-order valence-corrected chi connectivity index (χ4v) is 4.94. The molecule has 2 unspecified atom stereocenters. The van der Waals surface area contributed by atoms with Crippen LogP contribution in [0.4, 0.5) is 0 Å². The van der Waals surface area contributed by atoms with Crippen molar-refractivity contribution in [1.82, 2.24) is 0 Å². The molecule has 0 aromatic heterocycles. The van der Waals surface area contributed by atoms with Crippen LogP contribution in [0.25, 0.3) is 0 Å². The van der Waals surface area contributed by atoms with Gasteiger partial charge < -0.3 is 14.2 Å². The van der Waals surface area contributed by atoms with Gasteiger partial charge in [0.25, 0.3) is 0 Å². The summed E-state index contributed by atoms with van der Waals surface area (Å²) in [6.45, 7) is 1.43. The number of fused-ring (bicyclic) bond motifs is 1. The number of nitriles is 1. The number of nitrogens with zero attached hydrogens (tertiary/aromatic N) is 1. The molecule has 0 amide bonds. The van der Waals surface area contributed by atoms with Crippen LogP contribution in [-0.4, -0.2) is 40.8 Å². The molecule has 3 fully saturated rings. The maximum absolute atomic E-state index is 11.3. The maximum atomic E-state index is 11.3. The fraction of sp³-hybridized carbons (Fsp3) is 0.867. The largest absolute Gasteiger partial charge is 0.459 e. The zero-order valence-corrected chi connectivity index (χ0v) is 13.7. The highest BCUT2D eigenvalue weighted by Crippen LogP contribution is 2.51. The third-order valence-corrected chi connectivity index (χ3v) is 5.61. The Balaban J connectivity index is 1.72. The van der Waals surface area contributed by atoms with Crippen molar-refractivity contribution < 1.29 is 19.0 Å². The summed E-state index contributed by atoms with van der Waals surface area (Å²) in [5, 5.41) is 8.73. The second-order valence-electron chi connectivity index (χ2n) is 6.24. The molecule has 0 N–H and O–H groups in total. The molecule has 6 atom stereocenters. The lowest BCUT2D eigenvalue weighted by Crippen LogP contribution is -2.53. The molecule has 2 saturated heterocycles. The summed E-state index contributed by atoms with van der Waals surface area (Å²) >= 11 is 3.64. The number of hydrogen-bond acceptors (Lipinski definition) is 5. The van der Waals surface area contributed by atoms with Gasteiger partial charge in [-0.3, -0.25) is 4.79 Å². The van der Waals surface area contributed by atoms with E-state index in [1.807, 2.05) is 0 Å². The zero-order valence-electron chi connectivity index (χ0n) is 12.1. The molecule has 0 aromatic carbocycles. The predicted molar refractivity (Wildman–Crippen MR) is 77.8 cm³/mol. The van der Waals surface area contributed by atoms with E-state index in [4.69, 9.17) is 19.5 Å². The minimum absolute atomic E-state index is 0.0554. The molecule has 5 nitrogen and oxygen atoms in total. The molecule has 1 saturated carbocycles. The van der Waals surface area contributed by atoms with E-state index >= 15 is 0 Å². The van der Waals surface area contributed by atoms with Gasteiger partial charge in [0, 0.05) is 19.8 Å². The van der Waals surface area contributed by atoms with E-state index in [1.165, 1.54) is 6.92 Å². The zero-order chi connectivity index (χ0) is 15.0. The highest BCUT2D eigenvalue weighted by atomic mass is 79.9. The second-order valence-corrected chi connectivity index (χ2v) is 7.42. The van der Waals surface area contributed by atoms with Gasteiger partial charge in [-0.25, -0.2) is 0 Å². The van der Waals surface area contributed by atoms with Gasteiger partial charge >= 0.3 is 5.97 Å². The maximum Gasteiger partial charge on any atom is 0.303 e. The van der Waals surface area contributed by atoms with Crippen LogP contribution >= 0.6 is 15.9 Å². The lowest BCUT2D eigenvalue weighted by atomic mass is 9.77. The molecular weight excluding hydrogens is 338 g/mol. The van der Waals surface area contributed by atoms with Crippen molar-refractivity contribution in [1.29, 1.82) is 5.26 Å². The first-order valence-corrected chi connectivity index (χ1v) is 8.47. The van der Waals surface area contributed by atoms with Crippen molar-refractivity contribution >= 4 is 21.9 Å². The van der Waals surface area contributed by atoms with Crippen molar-refractivity contribution in [2.45, 2.75) is 80.3 Å². The summed E-state index contributed by atoms with van der Waals surface area (Å²) in [4.78, 5) is 11.3. The van der Waals surface area contributed by atoms with Gasteiger partial charge in [-0.1, -0.05) is 15.9 Å². The molecule has 2 heterocycles. The van der Waals surface area contributed by atoms with Crippen molar-refractivity contribution in [3.8, 4) is 6.07 Å². The summed E-state index contributed by atoms with van der Waals surface area (Å²) in [7, 11) is 0. The van der Waals surface area contributed by atoms with Crippen LogP contribution in [0.2, 0.25) is 0 Å². The molecular formula is C15H20BrNO4. The number of hydrogen-bond donors (Lipinski definition) is 0. The molecule has 2 bridgehead atoms. The monoisotopic (exact) mass is 357 g/mol. The molecule has 3 rings (SSSR count). The highest BCUT2D eigenvalue weighted by molar-refractivity contribution is 9.09. The number of alkyl halides is 1. The van der Waals surface area contributed by atoms with E-state index in [-0.39, 0.29) is 40.8 Å². The number of ether oxygens (including phenoxy) is 3. The van der Waals surface area contributed by atoms with Gasteiger partial charge in [-0.15, -0.1) is 0 Å². The van der Waals surface area contributed by atoms with Crippen molar-refractivity contribution in [3.63, 3.8) is 0 Å².